The number of carbonyl (C=O) groups is 1. The van der Waals surface area contributed by atoms with Crippen LogP contribution in [-0.2, 0) is 13.0 Å². The van der Waals surface area contributed by atoms with Crippen molar-refractivity contribution in [1.29, 1.82) is 0 Å². The number of nitrogens with one attached hydrogen (secondary N) is 2. The molecule has 2 heterocycles. The van der Waals surface area contributed by atoms with Crippen molar-refractivity contribution in [2.24, 2.45) is 0 Å². The molecule has 0 unspecified atom stereocenters. The van der Waals surface area contributed by atoms with Gasteiger partial charge in [-0.3, -0.25) is 9.78 Å². The smallest absolute Gasteiger partial charge is 0.270 e. The van der Waals surface area contributed by atoms with E-state index >= 15 is 0 Å². The van der Waals surface area contributed by atoms with E-state index in [0.29, 0.717) is 24.6 Å². The first-order valence-electron chi connectivity index (χ1n) is 8.19. The molecule has 26 heavy (non-hydrogen) atoms. The number of pyridine rings is 1. The van der Waals surface area contributed by atoms with E-state index in [1.54, 1.807) is 12.3 Å². The summed E-state index contributed by atoms with van der Waals surface area (Å²) in [6, 6.07) is 14.9. The Labute approximate surface area is 156 Å². The second-order valence-corrected chi connectivity index (χ2v) is 6.03. The molecule has 2 aromatic heterocycles. The maximum Gasteiger partial charge on any atom is 0.270 e. The summed E-state index contributed by atoms with van der Waals surface area (Å²) >= 11 is 5.88. The first-order chi connectivity index (χ1) is 12.7. The number of carbonyl (C=O) groups excluding carboxylic acids is 1. The van der Waals surface area contributed by atoms with Crippen LogP contribution in [-0.4, -0.2) is 27.4 Å². The van der Waals surface area contributed by atoms with Crippen LogP contribution in [0.25, 0.3) is 0 Å². The fraction of sp³-hybridized carbons (Fsp3) is 0.158. The Hall–Kier alpha value is -2.99. The van der Waals surface area contributed by atoms with E-state index in [1.165, 1.54) is 11.9 Å². The van der Waals surface area contributed by atoms with Crippen molar-refractivity contribution in [3.05, 3.63) is 83.0 Å². The summed E-state index contributed by atoms with van der Waals surface area (Å²) < 4.78 is 0. The van der Waals surface area contributed by atoms with E-state index in [0.717, 1.165) is 17.1 Å². The highest BCUT2D eigenvalue weighted by Crippen LogP contribution is 2.10. The highest BCUT2D eigenvalue weighted by atomic mass is 35.5. The summed E-state index contributed by atoms with van der Waals surface area (Å²) in [5.41, 5.74) is 2.27. The van der Waals surface area contributed by atoms with Gasteiger partial charge in [-0.05, 0) is 36.2 Å². The van der Waals surface area contributed by atoms with Gasteiger partial charge in [-0.25, -0.2) is 9.97 Å². The van der Waals surface area contributed by atoms with Gasteiger partial charge in [0.1, 0.15) is 17.8 Å². The number of nitrogens with zero attached hydrogens (tertiary/aromatic N) is 3. The summed E-state index contributed by atoms with van der Waals surface area (Å²) in [5, 5.41) is 6.72. The Morgan fingerprint density at radius 3 is 2.65 bits per heavy atom. The Morgan fingerprint density at radius 1 is 1.04 bits per heavy atom. The van der Waals surface area contributed by atoms with E-state index in [1.807, 2.05) is 42.5 Å². The van der Waals surface area contributed by atoms with E-state index < -0.39 is 0 Å². The topological polar surface area (TPSA) is 79.8 Å². The van der Waals surface area contributed by atoms with Crippen LogP contribution in [0.1, 0.15) is 21.7 Å². The first kappa shape index (κ1) is 17.8. The molecule has 0 fully saturated rings. The third-order valence-electron chi connectivity index (χ3n) is 3.69. The molecule has 0 saturated carbocycles. The van der Waals surface area contributed by atoms with Gasteiger partial charge in [0, 0.05) is 23.8 Å². The number of halogens is 1. The lowest BCUT2D eigenvalue weighted by Crippen LogP contribution is -2.24. The fourth-order valence-corrected chi connectivity index (χ4v) is 2.45. The predicted octanol–water partition coefficient (Wildman–Crippen LogP) is 3.11. The van der Waals surface area contributed by atoms with Crippen LogP contribution in [0.15, 0.2) is 61.1 Å². The van der Waals surface area contributed by atoms with Gasteiger partial charge in [0.2, 0.25) is 0 Å². The van der Waals surface area contributed by atoms with Gasteiger partial charge in [-0.2, -0.15) is 0 Å². The molecule has 132 valence electrons. The minimum absolute atomic E-state index is 0.265. The molecule has 0 spiro atoms. The number of anilines is 1. The number of hydrogen-bond acceptors (Lipinski definition) is 5. The molecule has 0 bridgehead atoms. The second-order valence-electron chi connectivity index (χ2n) is 5.60. The SMILES string of the molecule is O=C(NCc1ccccn1)c1cc(NCCc2ccc(Cl)cc2)ncn1. The van der Waals surface area contributed by atoms with Gasteiger partial charge in [-0.15, -0.1) is 0 Å². The maximum absolute atomic E-state index is 12.2. The molecule has 3 aromatic rings. The molecular weight excluding hydrogens is 350 g/mol. The number of amides is 1. The average Bonchev–Trinajstić information content (AvgIpc) is 2.69. The lowest BCUT2D eigenvalue weighted by atomic mass is 10.1. The maximum atomic E-state index is 12.2. The molecule has 2 N–H and O–H groups in total. The van der Waals surface area contributed by atoms with Gasteiger partial charge in [0.05, 0.1) is 12.2 Å². The van der Waals surface area contributed by atoms with Crippen LogP contribution >= 0.6 is 11.6 Å². The van der Waals surface area contributed by atoms with Crippen molar-refractivity contribution in [1.82, 2.24) is 20.3 Å². The molecule has 0 aliphatic rings. The fourth-order valence-electron chi connectivity index (χ4n) is 2.33. The molecule has 0 radical (unpaired) electrons. The standard InChI is InChI=1S/C19H18ClN5O/c20-15-6-4-14(5-7-15)8-10-22-18-11-17(24-13-25-18)19(26)23-12-16-3-1-2-9-21-16/h1-7,9,11,13H,8,10,12H2,(H,23,26)(H,22,24,25). The monoisotopic (exact) mass is 367 g/mol. The minimum atomic E-state index is -0.265. The van der Waals surface area contributed by atoms with Crippen LogP contribution in [0.4, 0.5) is 5.82 Å². The highest BCUT2D eigenvalue weighted by Gasteiger charge is 2.08. The van der Waals surface area contributed by atoms with Gasteiger partial charge in [0.25, 0.3) is 5.91 Å². The molecule has 1 aromatic carbocycles. The average molecular weight is 368 g/mol. The molecule has 7 heteroatoms. The van der Waals surface area contributed by atoms with Crippen LogP contribution in [0, 0.1) is 0 Å². The first-order valence-corrected chi connectivity index (χ1v) is 8.57. The van der Waals surface area contributed by atoms with Gasteiger partial charge in [0.15, 0.2) is 0 Å². The van der Waals surface area contributed by atoms with Gasteiger partial charge in [-0.1, -0.05) is 29.8 Å². The summed E-state index contributed by atoms with van der Waals surface area (Å²) in [6.07, 6.45) is 3.89. The molecular formula is C19H18ClN5O. The molecule has 0 aliphatic heterocycles. The van der Waals surface area contributed by atoms with E-state index in [2.05, 4.69) is 25.6 Å². The Kier molecular flexibility index (Phi) is 6.11. The Bertz CT molecular complexity index is 855. The zero-order valence-electron chi connectivity index (χ0n) is 14.0. The quantitative estimate of drug-likeness (QED) is 0.670. The molecule has 3 rings (SSSR count). The lowest BCUT2D eigenvalue weighted by molar-refractivity contribution is 0.0945. The van der Waals surface area contributed by atoms with Crippen LogP contribution in [0.2, 0.25) is 5.02 Å². The van der Waals surface area contributed by atoms with E-state index in [-0.39, 0.29) is 5.91 Å². The van der Waals surface area contributed by atoms with E-state index in [9.17, 15) is 4.79 Å². The van der Waals surface area contributed by atoms with Crippen molar-refractivity contribution in [3.63, 3.8) is 0 Å². The van der Waals surface area contributed by atoms with E-state index in [4.69, 9.17) is 11.6 Å². The van der Waals surface area contributed by atoms with Crippen molar-refractivity contribution in [2.45, 2.75) is 13.0 Å². The van der Waals surface area contributed by atoms with Crippen molar-refractivity contribution in [2.75, 3.05) is 11.9 Å². The zero-order valence-corrected chi connectivity index (χ0v) is 14.8. The summed E-state index contributed by atoms with van der Waals surface area (Å²) in [7, 11) is 0. The Balaban J connectivity index is 1.52. The number of benzene rings is 1. The lowest BCUT2D eigenvalue weighted by Gasteiger charge is -2.08. The number of aromatic nitrogens is 3. The number of hydrogen-bond donors (Lipinski definition) is 2. The molecule has 0 atom stereocenters. The normalized spacial score (nSPS) is 10.3. The molecule has 0 saturated heterocycles. The van der Waals surface area contributed by atoms with Crippen LogP contribution in [0.3, 0.4) is 0 Å². The zero-order chi connectivity index (χ0) is 18.2. The van der Waals surface area contributed by atoms with Gasteiger partial charge < -0.3 is 10.6 Å². The number of rotatable bonds is 7. The van der Waals surface area contributed by atoms with Crippen LogP contribution < -0.4 is 10.6 Å². The largest absolute Gasteiger partial charge is 0.370 e. The molecule has 0 aliphatic carbocycles. The predicted molar refractivity (Wildman–Crippen MR) is 101 cm³/mol. The summed E-state index contributed by atoms with van der Waals surface area (Å²) in [6.45, 7) is 1.04. The van der Waals surface area contributed by atoms with Crippen LogP contribution in [0.5, 0.6) is 0 Å². The highest BCUT2D eigenvalue weighted by molar-refractivity contribution is 6.30. The molecule has 1 amide bonds. The van der Waals surface area contributed by atoms with Gasteiger partial charge >= 0.3 is 0 Å². The summed E-state index contributed by atoms with van der Waals surface area (Å²) in [5.74, 6) is 0.343. The second kappa shape index (κ2) is 8.92. The minimum Gasteiger partial charge on any atom is -0.370 e. The third kappa shape index (κ3) is 5.26. The van der Waals surface area contributed by atoms with Crippen molar-refractivity contribution < 1.29 is 4.79 Å². The third-order valence-corrected chi connectivity index (χ3v) is 3.94. The van der Waals surface area contributed by atoms with Crippen molar-refractivity contribution >= 4 is 23.3 Å². The summed E-state index contributed by atoms with van der Waals surface area (Å²) in [4.78, 5) is 24.6. The Morgan fingerprint density at radius 2 is 1.88 bits per heavy atom. The van der Waals surface area contributed by atoms with Crippen molar-refractivity contribution in [3.8, 4) is 0 Å². The molecule has 6 nitrogen and oxygen atoms in total.